The van der Waals surface area contributed by atoms with Crippen molar-refractivity contribution >= 4 is 53.0 Å². The number of aliphatic hydroxyl groups is 1. The monoisotopic (exact) mass is 1040 g/mol. The zero-order valence-corrected chi connectivity index (χ0v) is 44.9. The van der Waals surface area contributed by atoms with Gasteiger partial charge in [-0.15, -0.1) is 0 Å². The van der Waals surface area contributed by atoms with Gasteiger partial charge in [0.05, 0.1) is 18.6 Å². The summed E-state index contributed by atoms with van der Waals surface area (Å²) in [7, 11) is 0. The van der Waals surface area contributed by atoms with Crippen LogP contribution in [0.3, 0.4) is 0 Å². The van der Waals surface area contributed by atoms with Crippen molar-refractivity contribution in [1.29, 1.82) is 0 Å². The van der Waals surface area contributed by atoms with Crippen molar-refractivity contribution < 1.29 is 48.3 Å². The van der Waals surface area contributed by atoms with Crippen molar-refractivity contribution in [2.24, 2.45) is 35.0 Å². The molecule has 1 aromatic rings. The summed E-state index contributed by atoms with van der Waals surface area (Å²) in [6.07, 6.45) is 4.38. The van der Waals surface area contributed by atoms with E-state index in [0.29, 0.717) is 18.4 Å². The molecule has 0 aliphatic carbocycles. The number of carbonyl (C=O) groups excluding carboxylic acids is 9. The Labute approximate surface area is 438 Å². The third-order valence-electron chi connectivity index (χ3n) is 12.8. The van der Waals surface area contributed by atoms with Gasteiger partial charge in [0, 0.05) is 18.9 Å². The lowest BCUT2D eigenvalue weighted by molar-refractivity contribution is -0.136. The second kappa shape index (κ2) is 35.6. The van der Waals surface area contributed by atoms with E-state index in [0.717, 1.165) is 32.1 Å². The van der Waals surface area contributed by atoms with Crippen molar-refractivity contribution in [3.63, 3.8) is 0 Å². The average Bonchev–Trinajstić information content (AvgIpc) is 3.34. The second-order valence-electron chi connectivity index (χ2n) is 20.5. The van der Waals surface area contributed by atoms with Gasteiger partial charge in [0.2, 0.25) is 47.3 Å². The Morgan fingerprint density at radius 2 is 1.19 bits per heavy atom. The Bertz CT molecular complexity index is 1920. The summed E-state index contributed by atoms with van der Waals surface area (Å²) in [5.41, 5.74) is 18.5. The Morgan fingerprint density at radius 1 is 0.635 bits per heavy atom. The molecular weight excluding hydrogens is 951 g/mol. The van der Waals surface area contributed by atoms with Crippen LogP contribution in [0.1, 0.15) is 150 Å². The van der Waals surface area contributed by atoms with Gasteiger partial charge in [-0.25, -0.2) is 0 Å². The molecule has 1 aliphatic rings. The zero-order valence-electron chi connectivity index (χ0n) is 44.9. The number of Topliss-reactive ketones (excluding diaryl/α,β-unsaturated/α-hetero) is 1. The molecule has 0 spiro atoms. The molecule has 0 radical (unpaired) electrons. The third kappa shape index (κ3) is 24.7. The summed E-state index contributed by atoms with van der Waals surface area (Å²) < 4.78 is 0. The van der Waals surface area contributed by atoms with Crippen molar-refractivity contribution in [3.8, 4) is 0 Å². The number of aliphatic hydroxyl groups excluding tert-OH is 1. The summed E-state index contributed by atoms with van der Waals surface area (Å²) in [6.45, 7) is 11.0. The first-order valence-corrected chi connectivity index (χ1v) is 27.0. The van der Waals surface area contributed by atoms with Crippen LogP contribution in [0.15, 0.2) is 30.3 Å². The van der Waals surface area contributed by atoms with E-state index >= 15 is 0 Å². The first-order valence-electron chi connectivity index (χ1n) is 27.0. The number of unbranched alkanes of at least 4 members (excludes halogenated alkanes) is 4. The van der Waals surface area contributed by atoms with E-state index in [-0.39, 0.29) is 102 Å². The number of nitrogens with two attached hydrogens (primary N) is 3. The first kappa shape index (κ1) is 64.6. The maximum Gasteiger partial charge on any atom is 0.243 e. The quantitative estimate of drug-likeness (QED) is 0.0603. The highest BCUT2D eigenvalue weighted by Crippen LogP contribution is 2.20. The van der Waals surface area contributed by atoms with Gasteiger partial charge in [-0.05, 0) is 94.8 Å². The maximum absolute atomic E-state index is 14.5. The van der Waals surface area contributed by atoms with Crippen molar-refractivity contribution in [1.82, 2.24) is 42.5 Å². The molecule has 1 heterocycles. The largest absolute Gasteiger partial charge is 0.393 e. The van der Waals surface area contributed by atoms with E-state index in [9.17, 15) is 48.3 Å². The molecule has 0 aromatic heterocycles. The Morgan fingerprint density at radius 3 is 1.76 bits per heavy atom. The molecular formula is C53H91N11O10. The molecule has 0 bridgehead atoms. The minimum absolute atomic E-state index is 0.00114. The maximum atomic E-state index is 14.5. The van der Waals surface area contributed by atoms with Crippen LogP contribution in [0.4, 0.5) is 0 Å². The van der Waals surface area contributed by atoms with Gasteiger partial charge in [0.15, 0.2) is 5.78 Å². The van der Waals surface area contributed by atoms with Crippen molar-refractivity contribution in [2.45, 2.75) is 199 Å². The fraction of sp³-hybridized carbons (Fsp3) is 0.717. The Balaban J connectivity index is 2.68. The smallest absolute Gasteiger partial charge is 0.243 e. The Kier molecular flexibility index (Phi) is 31.1. The zero-order chi connectivity index (χ0) is 55.2. The van der Waals surface area contributed by atoms with E-state index in [2.05, 4.69) is 49.5 Å². The third-order valence-corrected chi connectivity index (χ3v) is 12.8. The van der Waals surface area contributed by atoms with Gasteiger partial charge >= 0.3 is 0 Å². The first-order chi connectivity index (χ1) is 35.3. The van der Waals surface area contributed by atoms with E-state index in [1.165, 1.54) is 0 Å². The predicted octanol–water partition coefficient (Wildman–Crippen LogP) is 0.768. The molecule has 1 fully saturated rings. The van der Waals surface area contributed by atoms with Crippen LogP contribution in [-0.4, -0.2) is 133 Å². The number of benzene rings is 1. The molecule has 15 N–H and O–H groups in total. The molecule has 1 saturated heterocycles. The molecule has 1 aromatic carbocycles. The van der Waals surface area contributed by atoms with E-state index in [1.54, 1.807) is 30.3 Å². The normalized spacial score (nSPS) is 23.1. The highest BCUT2D eigenvalue weighted by Gasteiger charge is 2.36. The van der Waals surface area contributed by atoms with Gasteiger partial charge in [-0.1, -0.05) is 110 Å². The number of amides is 8. The second-order valence-corrected chi connectivity index (χ2v) is 20.5. The van der Waals surface area contributed by atoms with Crippen LogP contribution in [0.25, 0.3) is 0 Å². The van der Waals surface area contributed by atoms with Crippen LogP contribution < -0.4 is 59.7 Å². The van der Waals surface area contributed by atoms with Gasteiger partial charge in [0.25, 0.3) is 0 Å². The lowest BCUT2D eigenvalue weighted by Gasteiger charge is -2.27. The minimum Gasteiger partial charge on any atom is -0.393 e. The molecule has 21 nitrogen and oxygen atoms in total. The van der Waals surface area contributed by atoms with E-state index in [1.807, 2.05) is 34.6 Å². The molecule has 1 aliphatic heterocycles. The van der Waals surface area contributed by atoms with Gasteiger partial charge in [-0.2, -0.15) is 0 Å². The lowest BCUT2D eigenvalue weighted by Crippen LogP contribution is -2.59. The molecule has 0 saturated carbocycles. The van der Waals surface area contributed by atoms with Gasteiger partial charge in [0.1, 0.15) is 36.3 Å². The standard InChI is InChI=1S/C53H91N11O10/c1-7-9-10-11-15-19-37(65)32-46(67)58-39(20-24-54)50(71)62-42-23-27-57-48(69)44(29-34(5)6)64-49(70)38(16-8-2)60-51(72)40(21-25-55)59-47(68)36(28-33(3)4)31-45(66)43(30-35-17-13-12-14-18-35)63-52(73)41(22-26-56)61-53(42)74/h12-14,17-18,33-34,36-44,65H,7-11,15-16,19-32,54-56H2,1-6H3,(H,57,69)(H,58,67)(H,59,68)(H,60,72)(H,61,74)(H,62,71)(H,63,73)(H,64,70)/t36-,37-,38+,39-,40+,41+,42+,43-,44+/m1/s1. The lowest BCUT2D eigenvalue weighted by atomic mass is 9.88. The average molecular weight is 1040 g/mol. The SMILES string of the molecule is CCCCCCC[C@@H](O)CC(=O)N[C@H](CCN)C(=O)N[C@H]1CCNC(=O)[C@H](CC(C)C)NC(=O)[C@H](CCC)NC(=O)[C@H](CCN)NC(=O)[C@H](CC(C)C)CC(=O)[C@@H](Cc2ccccc2)NC(=O)[C@H](CCN)NC1=O. The number of ketones is 1. The number of nitrogens with one attached hydrogen (secondary N) is 8. The van der Waals surface area contributed by atoms with Crippen LogP contribution in [-0.2, 0) is 49.6 Å². The fourth-order valence-corrected chi connectivity index (χ4v) is 8.83. The molecule has 0 unspecified atom stereocenters. The van der Waals surface area contributed by atoms with Gasteiger partial charge in [-0.3, -0.25) is 43.2 Å². The van der Waals surface area contributed by atoms with Crippen molar-refractivity contribution in [3.05, 3.63) is 35.9 Å². The predicted molar refractivity (Wildman–Crippen MR) is 283 cm³/mol. The molecule has 9 atom stereocenters. The number of hydrogen-bond acceptors (Lipinski definition) is 13. The van der Waals surface area contributed by atoms with Crippen LogP contribution >= 0.6 is 0 Å². The summed E-state index contributed by atoms with van der Waals surface area (Å²) in [6, 6.07) is 0.275. The summed E-state index contributed by atoms with van der Waals surface area (Å²) >= 11 is 0. The van der Waals surface area contributed by atoms with Crippen molar-refractivity contribution in [2.75, 3.05) is 26.2 Å². The van der Waals surface area contributed by atoms with Crippen LogP contribution in [0, 0.1) is 17.8 Å². The van der Waals surface area contributed by atoms with E-state index in [4.69, 9.17) is 17.2 Å². The Hall–Kier alpha value is -5.51. The van der Waals surface area contributed by atoms with E-state index < -0.39 is 107 Å². The molecule has 8 amide bonds. The number of carbonyl (C=O) groups is 9. The molecule has 74 heavy (non-hydrogen) atoms. The number of hydrogen-bond donors (Lipinski definition) is 12. The molecule has 2 rings (SSSR count). The highest BCUT2D eigenvalue weighted by atomic mass is 16.3. The summed E-state index contributed by atoms with van der Waals surface area (Å²) in [4.78, 5) is 126. The topological polar surface area (TPSA) is 348 Å². The van der Waals surface area contributed by atoms with Gasteiger partial charge < -0.3 is 64.8 Å². The van der Waals surface area contributed by atoms with Crippen LogP contribution in [0.2, 0.25) is 0 Å². The number of rotatable bonds is 25. The van der Waals surface area contributed by atoms with Crippen LogP contribution in [0.5, 0.6) is 0 Å². The molecule has 21 heteroatoms. The summed E-state index contributed by atoms with van der Waals surface area (Å²) in [5, 5.41) is 32.4. The fourth-order valence-electron chi connectivity index (χ4n) is 8.83. The minimum atomic E-state index is -1.44. The molecule has 418 valence electrons. The summed E-state index contributed by atoms with van der Waals surface area (Å²) in [5.74, 6) is -7.20. The highest BCUT2D eigenvalue weighted by molar-refractivity contribution is 5.98.